The standard InChI is InChI=1S/C25H31BBrClFN3O4/c1-16(2)14-21(26-35-12-10-30-11-13-36-26)32-24(33)20(15-17-6-4-3-5-7-17)31-25(34)22-19(28)9-8-18(27)23(22)29/h3-9,16,20-21,30H,10-15H2,1-2H3,(H,31,34)(H,32,33)/t20-,21-/m0/s1. The number of rotatable bonds is 9. The first-order valence-electron chi connectivity index (χ1n) is 12.0. The number of halogens is 3. The lowest BCUT2D eigenvalue weighted by atomic mass is 9.73. The molecule has 11 heteroatoms. The van der Waals surface area contributed by atoms with E-state index in [1.54, 1.807) is 0 Å². The molecule has 36 heavy (non-hydrogen) atoms. The van der Waals surface area contributed by atoms with E-state index in [1.807, 2.05) is 44.2 Å². The van der Waals surface area contributed by atoms with Crippen molar-refractivity contribution in [3.63, 3.8) is 0 Å². The van der Waals surface area contributed by atoms with Gasteiger partial charge in [-0.15, -0.1) is 0 Å². The first kappa shape index (κ1) is 28.6. The molecule has 3 rings (SSSR count). The molecule has 1 aliphatic rings. The Labute approximate surface area is 225 Å². The zero-order chi connectivity index (χ0) is 26.1. The van der Waals surface area contributed by atoms with Crippen LogP contribution in [0.3, 0.4) is 0 Å². The van der Waals surface area contributed by atoms with Gasteiger partial charge in [-0.3, -0.25) is 9.59 Å². The Bertz CT molecular complexity index is 1030. The van der Waals surface area contributed by atoms with E-state index in [0.717, 1.165) is 5.56 Å². The fraction of sp³-hybridized carbons (Fsp3) is 0.440. The first-order chi connectivity index (χ1) is 17.3. The van der Waals surface area contributed by atoms with Crippen LogP contribution >= 0.6 is 27.5 Å². The minimum Gasteiger partial charge on any atom is -0.408 e. The lowest BCUT2D eigenvalue weighted by Crippen LogP contribution is -2.57. The Hall–Kier alpha value is -1.98. The maximum absolute atomic E-state index is 14.7. The summed E-state index contributed by atoms with van der Waals surface area (Å²) < 4.78 is 26.6. The van der Waals surface area contributed by atoms with Crippen molar-refractivity contribution in [1.29, 1.82) is 0 Å². The summed E-state index contributed by atoms with van der Waals surface area (Å²) in [5, 5.41) is 8.86. The molecule has 2 aromatic rings. The van der Waals surface area contributed by atoms with Gasteiger partial charge in [0.25, 0.3) is 5.91 Å². The van der Waals surface area contributed by atoms with Crippen molar-refractivity contribution >= 4 is 46.5 Å². The first-order valence-corrected chi connectivity index (χ1v) is 13.2. The van der Waals surface area contributed by atoms with E-state index < -0.39 is 36.7 Å². The minimum atomic E-state index is -0.987. The molecule has 1 fully saturated rings. The van der Waals surface area contributed by atoms with Crippen LogP contribution in [0.15, 0.2) is 46.9 Å². The topological polar surface area (TPSA) is 88.7 Å². The Morgan fingerprint density at radius 1 is 1.11 bits per heavy atom. The molecule has 2 aromatic carbocycles. The number of hydrogen-bond acceptors (Lipinski definition) is 5. The SMILES string of the molecule is CC(C)C[C@H](NC(=O)[C@H](Cc1ccccc1)NC(=O)c1c(Cl)ccc(Br)c1F)B1OCCNCCO1. The van der Waals surface area contributed by atoms with E-state index in [4.69, 9.17) is 20.9 Å². The molecule has 1 saturated heterocycles. The molecule has 0 aromatic heterocycles. The third-order valence-corrected chi connectivity index (χ3v) is 6.61. The van der Waals surface area contributed by atoms with Crippen molar-refractivity contribution in [3.8, 4) is 0 Å². The third kappa shape index (κ3) is 8.28. The average Bonchev–Trinajstić information content (AvgIpc) is 2.81. The van der Waals surface area contributed by atoms with Gasteiger partial charge < -0.3 is 25.3 Å². The van der Waals surface area contributed by atoms with Gasteiger partial charge in [0.1, 0.15) is 6.04 Å². The summed E-state index contributed by atoms with van der Waals surface area (Å²) in [7, 11) is -0.622. The molecule has 2 atom stereocenters. The predicted octanol–water partition coefficient (Wildman–Crippen LogP) is 3.78. The minimum absolute atomic E-state index is 0.0466. The van der Waals surface area contributed by atoms with E-state index >= 15 is 0 Å². The molecule has 2 amide bonds. The van der Waals surface area contributed by atoms with Crippen LogP contribution in [0, 0.1) is 11.7 Å². The van der Waals surface area contributed by atoms with E-state index in [2.05, 4.69) is 31.9 Å². The zero-order valence-electron chi connectivity index (χ0n) is 20.4. The fourth-order valence-corrected chi connectivity index (χ4v) is 4.52. The summed E-state index contributed by atoms with van der Waals surface area (Å²) in [5.74, 6) is -2.17. The van der Waals surface area contributed by atoms with E-state index in [1.165, 1.54) is 12.1 Å². The highest BCUT2D eigenvalue weighted by atomic mass is 79.9. The van der Waals surface area contributed by atoms with Gasteiger partial charge in [0.2, 0.25) is 5.91 Å². The van der Waals surface area contributed by atoms with Gasteiger partial charge in [0, 0.05) is 32.7 Å². The summed E-state index contributed by atoms with van der Waals surface area (Å²) in [6, 6.07) is 11.1. The van der Waals surface area contributed by atoms with Gasteiger partial charge in [-0.1, -0.05) is 55.8 Å². The van der Waals surface area contributed by atoms with Crippen LogP contribution in [-0.2, 0) is 20.5 Å². The lowest BCUT2D eigenvalue weighted by Gasteiger charge is -2.29. The number of amides is 2. The van der Waals surface area contributed by atoms with Gasteiger partial charge in [-0.2, -0.15) is 0 Å². The van der Waals surface area contributed by atoms with Crippen molar-refractivity contribution in [2.45, 2.75) is 38.7 Å². The number of hydrogen-bond donors (Lipinski definition) is 3. The van der Waals surface area contributed by atoms with Gasteiger partial charge in [0.05, 0.1) is 21.0 Å². The third-order valence-electron chi connectivity index (χ3n) is 5.68. The normalized spacial score (nSPS) is 16.1. The van der Waals surface area contributed by atoms with Crippen molar-refractivity contribution in [2.24, 2.45) is 5.92 Å². The monoisotopic (exact) mass is 581 g/mol. The van der Waals surface area contributed by atoms with Gasteiger partial charge in [-0.25, -0.2) is 4.39 Å². The quantitative estimate of drug-likeness (QED) is 0.310. The highest BCUT2D eigenvalue weighted by Gasteiger charge is 2.35. The second-order valence-electron chi connectivity index (χ2n) is 9.04. The summed E-state index contributed by atoms with van der Waals surface area (Å²) in [6.45, 7) is 6.36. The molecule has 7 nitrogen and oxygen atoms in total. The van der Waals surface area contributed by atoms with Gasteiger partial charge >= 0.3 is 7.12 Å². The van der Waals surface area contributed by atoms with Gasteiger partial charge in [-0.05, 0) is 46.0 Å². The second kappa shape index (κ2) is 14.1. The van der Waals surface area contributed by atoms with Crippen LogP contribution < -0.4 is 16.0 Å². The average molecular weight is 583 g/mol. The van der Waals surface area contributed by atoms with Crippen molar-refractivity contribution in [2.75, 3.05) is 26.3 Å². The summed E-state index contributed by atoms with van der Waals surface area (Å²) in [6.07, 6.45) is 0.818. The highest BCUT2D eigenvalue weighted by molar-refractivity contribution is 9.10. The maximum Gasteiger partial charge on any atom is 0.480 e. The molecule has 194 valence electrons. The fourth-order valence-electron chi connectivity index (χ4n) is 3.95. The van der Waals surface area contributed by atoms with Crippen LogP contribution in [0.25, 0.3) is 0 Å². The van der Waals surface area contributed by atoms with Gasteiger partial charge in [0.15, 0.2) is 5.82 Å². The highest BCUT2D eigenvalue weighted by Crippen LogP contribution is 2.26. The largest absolute Gasteiger partial charge is 0.480 e. The summed E-state index contributed by atoms with van der Waals surface area (Å²) in [4.78, 5) is 26.7. The molecule has 0 saturated carbocycles. The van der Waals surface area contributed by atoms with Crippen LogP contribution in [-0.4, -0.2) is 57.2 Å². The van der Waals surface area contributed by atoms with Crippen LogP contribution in [0.1, 0.15) is 36.2 Å². The van der Waals surface area contributed by atoms with Crippen LogP contribution in [0.5, 0.6) is 0 Å². The molecule has 0 radical (unpaired) electrons. The predicted molar refractivity (Wildman–Crippen MR) is 142 cm³/mol. The number of carbonyl (C=O) groups is 2. The Morgan fingerprint density at radius 3 is 2.42 bits per heavy atom. The van der Waals surface area contributed by atoms with E-state index in [0.29, 0.717) is 32.7 Å². The molecular formula is C25H31BBrClFN3O4. The summed E-state index contributed by atoms with van der Waals surface area (Å²) >= 11 is 9.21. The van der Waals surface area contributed by atoms with E-state index in [9.17, 15) is 14.0 Å². The van der Waals surface area contributed by atoms with Crippen molar-refractivity contribution in [1.82, 2.24) is 16.0 Å². The lowest BCUT2D eigenvalue weighted by molar-refractivity contribution is -0.123. The molecule has 0 bridgehead atoms. The molecule has 0 unspecified atom stereocenters. The Kier molecular flexibility index (Phi) is 11.2. The van der Waals surface area contributed by atoms with Crippen molar-refractivity contribution < 1.29 is 23.3 Å². The second-order valence-corrected chi connectivity index (χ2v) is 10.3. The molecule has 0 spiro atoms. The Morgan fingerprint density at radius 2 is 1.78 bits per heavy atom. The molecule has 1 aliphatic heterocycles. The van der Waals surface area contributed by atoms with Crippen molar-refractivity contribution in [3.05, 3.63) is 68.9 Å². The zero-order valence-corrected chi connectivity index (χ0v) is 22.7. The number of carbonyl (C=O) groups excluding carboxylic acids is 2. The maximum atomic E-state index is 14.7. The molecule has 0 aliphatic carbocycles. The molecular weight excluding hydrogens is 551 g/mol. The molecule has 3 N–H and O–H groups in total. The summed E-state index contributed by atoms with van der Waals surface area (Å²) in [5.41, 5.74) is 0.513. The smallest absolute Gasteiger partial charge is 0.408 e. The van der Waals surface area contributed by atoms with Crippen LogP contribution in [0.4, 0.5) is 4.39 Å². The Balaban J connectivity index is 1.84. The van der Waals surface area contributed by atoms with E-state index in [-0.39, 0.29) is 27.4 Å². The van der Waals surface area contributed by atoms with Crippen LogP contribution in [0.2, 0.25) is 5.02 Å². The molecule has 1 heterocycles. The number of benzene rings is 2. The number of nitrogens with one attached hydrogen (secondary N) is 3.